The number of hydrogen-bond donors (Lipinski definition) is 2. The van der Waals surface area contributed by atoms with E-state index in [4.69, 9.17) is 15.2 Å². The van der Waals surface area contributed by atoms with Crippen molar-refractivity contribution in [3.63, 3.8) is 0 Å². The first kappa shape index (κ1) is 12.7. The Kier molecular flexibility index (Phi) is 3.43. The normalized spacial score (nSPS) is 11.9. The van der Waals surface area contributed by atoms with E-state index in [2.05, 4.69) is 9.97 Å². The molecule has 0 saturated carbocycles. The molecule has 0 radical (unpaired) electrons. The number of benzene rings is 1. The van der Waals surface area contributed by atoms with Crippen LogP contribution in [0.5, 0.6) is 6.01 Å². The zero-order chi connectivity index (χ0) is 13.2. The Morgan fingerprint density at radius 3 is 2.78 bits per heavy atom. The Bertz CT molecular complexity index is 529. The van der Waals surface area contributed by atoms with E-state index in [-0.39, 0.29) is 5.60 Å². The molecular weight excluding hydrogens is 230 g/mol. The van der Waals surface area contributed by atoms with E-state index in [0.717, 1.165) is 11.0 Å². The number of nitrogens with two attached hydrogens (primary N) is 1. The molecule has 2 rings (SSSR count). The number of rotatable bonds is 4. The molecule has 0 bridgehead atoms. The van der Waals surface area contributed by atoms with Gasteiger partial charge in [0.2, 0.25) is 0 Å². The largest absolute Gasteiger partial charge is 0.462 e. The molecule has 0 fully saturated rings. The maximum Gasteiger partial charge on any atom is 0.294 e. The number of aromatic amines is 1. The van der Waals surface area contributed by atoms with E-state index in [9.17, 15) is 0 Å². The average molecular weight is 249 g/mol. The van der Waals surface area contributed by atoms with Gasteiger partial charge in [-0.1, -0.05) is 0 Å². The first-order valence-corrected chi connectivity index (χ1v) is 5.96. The van der Waals surface area contributed by atoms with Gasteiger partial charge in [-0.15, -0.1) is 0 Å². The Morgan fingerprint density at radius 1 is 1.28 bits per heavy atom. The third-order valence-corrected chi connectivity index (χ3v) is 2.34. The Morgan fingerprint density at radius 2 is 2.06 bits per heavy atom. The van der Waals surface area contributed by atoms with Crippen molar-refractivity contribution < 1.29 is 9.47 Å². The summed E-state index contributed by atoms with van der Waals surface area (Å²) in [6.45, 7) is 7.03. The lowest BCUT2D eigenvalue weighted by Crippen LogP contribution is -2.22. The highest BCUT2D eigenvalue weighted by Gasteiger charge is 2.10. The molecule has 0 unspecified atom stereocenters. The third-order valence-electron chi connectivity index (χ3n) is 2.34. The number of H-pyrrole nitrogens is 1. The van der Waals surface area contributed by atoms with Crippen molar-refractivity contribution in [1.82, 2.24) is 9.97 Å². The average Bonchev–Trinajstić information content (AvgIpc) is 2.65. The van der Waals surface area contributed by atoms with Crippen LogP contribution in [0.25, 0.3) is 11.0 Å². The van der Waals surface area contributed by atoms with E-state index < -0.39 is 0 Å². The van der Waals surface area contributed by atoms with Gasteiger partial charge in [-0.25, -0.2) is 0 Å². The van der Waals surface area contributed by atoms with Crippen LogP contribution in [-0.4, -0.2) is 28.8 Å². The van der Waals surface area contributed by atoms with E-state index in [1.54, 1.807) is 0 Å². The molecule has 2 aromatic rings. The fourth-order valence-corrected chi connectivity index (χ4v) is 1.56. The van der Waals surface area contributed by atoms with Crippen molar-refractivity contribution in [3.05, 3.63) is 18.2 Å². The van der Waals surface area contributed by atoms with E-state index in [0.29, 0.717) is 24.9 Å². The van der Waals surface area contributed by atoms with Crippen LogP contribution in [0, 0.1) is 0 Å². The monoisotopic (exact) mass is 249 g/mol. The van der Waals surface area contributed by atoms with Gasteiger partial charge in [-0.05, 0) is 39.0 Å². The number of nitrogen functional groups attached to an aromatic ring is 1. The van der Waals surface area contributed by atoms with Crippen LogP contribution >= 0.6 is 0 Å². The SMILES string of the molecule is CC(C)(C)OCCOc1nc2ccc(N)cc2[nH]1. The van der Waals surface area contributed by atoms with Crippen LogP contribution in [0.4, 0.5) is 5.69 Å². The lowest BCUT2D eigenvalue weighted by Gasteiger charge is -2.19. The van der Waals surface area contributed by atoms with Crippen LogP contribution in [0.2, 0.25) is 0 Å². The highest BCUT2D eigenvalue weighted by molar-refractivity contribution is 5.79. The van der Waals surface area contributed by atoms with E-state index in [1.807, 2.05) is 39.0 Å². The first-order chi connectivity index (χ1) is 8.44. The first-order valence-electron chi connectivity index (χ1n) is 5.96. The van der Waals surface area contributed by atoms with Crippen molar-refractivity contribution in [2.45, 2.75) is 26.4 Å². The maximum absolute atomic E-state index is 5.69. The molecular formula is C13H19N3O2. The second-order valence-corrected chi connectivity index (χ2v) is 5.13. The molecule has 1 aromatic carbocycles. The Labute approximate surface area is 106 Å². The zero-order valence-electron chi connectivity index (χ0n) is 11.0. The van der Waals surface area contributed by atoms with Crippen molar-refractivity contribution in [1.29, 1.82) is 0 Å². The molecule has 1 aromatic heterocycles. The maximum atomic E-state index is 5.69. The van der Waals surface area contributed by atoms with Gasteiger partial charge in [0.15, 0.2) is 0 Å². The number of ether oxygens (including phenoxy) is 2. The zero-order valence-corrected chi connectivity index (χ0v) is 11.0. The van der Waals surface area contributed by atoms with Gasteiger partial charge in [-0.2, -0.15) is 4.98 Å². The highest BCUT2D eigenvalue weighted by Crippen LogP contribution is 2.18. The summed E-state index contributed by atoms with van der Waals surface area (Å²) in [5, 5.41) is 0. The second-order valence-electron chi connectivity index (χ2n) is 5.13. The molecule has 0 saturated heterocycles. The molecule has 0 amide bonds. The van der Waals surface area contributed by atoms with Crippen LogP contribution in [-0.2, 0) is 4.74 Å². The van der Waals surface area contributed by atoms with Crippen molar-refractivity contribution in [2.75, 3.05) is 18.9 Å². The standard InChI is InChI=1S/C13H19N3O2/c1-13(2,3)18-7-6-17-12-15-10-5-4-9(14)8-11(10)16-12/h4-5,8H,6-7,14H2,1-3H3,(H,15,16). The summed E-state index contributed by atoms with van der Waals surface area (Å²) < 4.78 is 11.1. The van der Waals surface area contributed by atoms with Gasteiger partial charge in [-0.3, -0.25) is 0 Å². The highest BCUT2D eigenvalue weighted by atomic mass is 16.5. The topological polar surface area (TPSA) is 73.2 Å². The van der Waals surface area contributed by atoms with Crippen molar-refractivity contribution in [2.24, 2.45) is 0 Å². The van der Waals surface area contributed by atoms with Gasteiger partial charge in [0, 0.05) is 5.69 Å². The number of hydrogen-bond acceptors (Lipinski definition) is 4. The number of aromatic nitrogens is 2. The van der Waals surface area contributed by atoms with Crippen LogP contribution in [0.1, 0.15) is 20.8 Å². The predicted molar refractivity (Wildman–Crippen MR) is 71.7 cm³/mol. The molecule has 98 valence electrons. The molecule has 0 aliphatic rings. The molecule has 0 aliphatic heterocycles. The molecule has 0 aliphatic carbocycles. The minimum absolute atomic E-state index is 0.147. The summed E-state index contributed by atoms with van der Waals surface area (Å²) in [6.07, 6.45) is 0. The quantitative estimate of drug-likeness (QED) is 0.644. The summed E-state index contributed by atoms with van der Waals surface area (Å²) in [7, 11) is 0. The minimum atomic E-state index is -0.147. The van der Waals surface area contributed by atoms with Crippen molar-refractivity contribution in [3.8, 4) is 6.01 Å². The smallest absolute Gasteiger partial charge is 0.294 e. The fourth-order valence-electron chi connectivity index (χ4n) is 1.56. The lowest BCUT2D eigenvalue weighted by molar-refractivity contribution is -0.0172. The van der Waals surface area contributed by atoms with Crippen LogP contribution in [0.15, 0.2) is 18.2 Å². The molecule has 5 nitrogen and oxygen atoms in total. The number of nitrogens with one attached hydrogen (secondary N) is 1. The number of fused-ring (bicyclic) bond motifs is 1. The fraction of sp³-hybridized carbons (Fsp3) is 0.462. The summed E-state index contributed by atoms with van der Waals surface area (Å²) in [5.41, 5.74) is 7.97. The molecule has 1 heterocycles. The lowest BCUT2D eigenvalue weighted by atomic mass is 10.2. The van der Waals surface area contributed by atoms with Gasteiger partial charge in [0.25, 0.3) is 6.01 Å². The van der Waals surface area contributed by atoms with E-state index in [1.165, 1.54) is 0 Å². The Balaban J connectivity index is 1.92. The number of nitrogens with zero attached hydrogens (tertiary/aromatic N) is 1. The van der Waals surface area contributed by atoms with Crippen LogP contribution in [0.3, 0.4) is 0 Å². The van der Waals surface area contributed by atoms with Gasteiger partial charge in [0.05, 0.1) is 23.2 Å². The summed E-state index contributed by atoms with van der Waals surface area (Å²) in [4.78, 5) is 7.36. The van der Waals surface area contributed by atoms with Gasteiger partial charge in [0.1, 0.15) is 6.61 Å². The summed E-state index contributed by atoms with van der Waals surface area (Å²) in [5.74, 6) is 0. The predicted octanol–water partition coefficient (Wildman–Crippen LogP) is 2.34. The third kappa shape index (κ3) is 3.37. The van der Waals surface area contributed by atoms with Gasteiger partial charge < -0.3 is 20.2 Å². The number of imidazole rings is 1. The van der Waals surface area contributed by atoms with Crippen molar-refractivity contribution >= 4 is 16.7 Å². The van der Waals surface area contributed by atoms with Crippen LogP contribution < -0.4 is 10.5 Å². The van der Waals surface area contributed by atoms with E-state index >= 15 is 0 Å². The summed E-state index contributed by atoms with van der Waals surface area (Å²) in [6, 6.07) is 6.00. The molecule has 5 heteroatoms. The molecule has 0 atom stereocenters. The Hall–Kier alpha value is -1.75. The second kappa shape index (κ2) is 4.86. The molecule has 0 spiro atoms. The summed E-state index contributed by atoms with van der Waals surface area (Å²) >= 11 is 0. The molecule has 3 N–H and O–H groups in total. The molecule has 18 heavy (non-hydrogen) atoms. The number of anilines is 1. The van der Waals surface area contributed by atoms with Gasteiger partial charge >= 0.3 is 0 Å². The minimum Gasteiger partial charge on any atom is -0.462 e.